The molecule has 0 aliphatic heterocycles. The first-order valence-corrected chi connectivity index (χ1v) is 6.47. The highest BCUT2D eigenvalue weighted by atomic mass is 16.4. The van der Waals surface area contributed by atoms with Gasteiger partial charge in [0.2, 0.25) is 0 Å². The summed E-state index contributed by atoms with van der Waals surface area (Å²) in [6.07, 6.45) is 0.899. The SMILES string of the molecule is CC(C)CCN(C)C(=O)NC(CC(=O)O)C(C)C. The lowest BCUT2D eigenvalue weighted by atomic mass is 10.0. The predicted molar refractivity (Wildman–Crippen MR) is 71.5 cm³/mol. The number of carbonyl (C=O) groups excluding carboxylic acids is 1. The van der Waals surface area contributed by atoms with Crippen molar-refractivity contribution in [3.05, 3.63) is 0 Å². The molecular formula is C13H26N2O3. The van der Waals surface area contributed by atoms with Gasteiger partial charge in [-0.1, -0.05) is 27.7 Å². The zero-order chi connectivity index (χ0) is 14.3. The molecular weight excluding hydrogens is 232 g/mol. The molecule has 0 fully saturated rings. The Hall–Kier alpha value is -1.26. The summed E-state index contributed by atoms with van der Waals surface area (Å²) in [5.74, 6) is -0.248. The van der Waals surface area contributed by atoms with Crippen molar-refractivity contribution in [1.29, 1.82) is 0 Å². The van der Waals surface area contributed by atoms with E-state index in [9.17, 15) is 9.59 Å². The van der Waals surface area contributed by atoms with Crippen molar-refractivity contribution in [1.82, 2.24) is 10.2 Å². The summed E-state index contributed by atoms with van der Waals surface area (Å²) in [5, 5.41) is 11.6. The quantitative estimate of drug-likeness (QED) is 0.735. The van der Waals surface area contributed by atoms with Gasteiger partial charge in [-0.3, -0.25) is 4.79 Å². The van der Waals surface area contributed by atoms with Crippen molar-refractivity contribution >= 4 is 12.0 Å². The van der Waals surface area contributed by atoms with Gasteiger partial charge in [-0.05, 0) is 18.3 Å². The minimum Gasteiger partial charge on any atom is -0.481 e. The van der Waals surface area contributed by atoms with Crippen LogP contribution in [0.15, 0.2) is 0 Å². The average Bonchev–Trinajstić information content (AvgIpc) is 2.23. The Balaban J connectivity index is 4.27. The van der Waals surface area contributed by atoms with Crippen LogP contribution in [0.25, 0.3) is 0 Å². The maximum Gasteiger partial charge on any atom is 0.317 e. The predicted octanol–water partition coefficient (Wildman–Crippen LogP) is 2.17. The van der Waals surface area contributed by atoms with Crippen LogP contribution in [0.2, 0.25) is 0 Å². The van der Waals surface area contributed by atoms with E-state index in [0.29, 0.717) is 12.5 Å². The van der Waals surface area contributed by atoms with E-state index in [2.05, 4.69) is 19.2 Å². The molecule has 0 aliphatic carbocycles. The summed E-state index contributed by atoms with van der Waals surface area (Å²) in [4.78, 5) is 24.2. The van der Waals surface area contributed by atoms with Crippen LogP contribution in [0.4, 0.5) is 4.79 Å². The van der Waals surface area contributed by atoms with E-state index < -0.39 is 5.97 Å². The van der Waals surface area contributed by atoms with E-state index in [-0.39, 0.29) is 24.4 Å². The molecule has 0 spiro atoms. The van der Waals surface area contributed by atoms with Crippen LogP contribution in [-0.4, -0.2) is 41.6 Å². The lowest BCUT2D eigenvalue weighted by molar-refractivity contribution is -0.137. The molecule has 0 rings (SSSR count). The van der Waals surface area contributed by atoms with Crippen LogP contribution in [0.5, 0.6) is 0 Å². The Labute approximate surface area is 110 Å². The number of nitrogens with zero attached hydrogens (tertiary/aromatic N) is 1. The molecule has 5 heteroatoms. The van der Waals surface area contributed by atoms with E-state index >= 15 is 0 Å². The lowest BCUT2D eigenvalue weighted by Gasteiger charge is -2.25. The van der Waals surface area contributed by atoms with Crippen LogP contribution >= 0.6 is 0 Å². The molecule has 0 aromatic heterocycles. The van der Waals surface area contributed by atoms with Gasteiger partial charge in [-0.2, -0.15) is 0 Å². The van der Waals surface area contributed by atoms with Gasteiger partial charge < -0.3 is 15.3 Å². The van der Waals surface area contributed by atoms with Gasteiger partial charge in [0.15, 0.2) is 0 Å². The minimum atomic E-state index is -0.890. The van der Waals surface area contributed by atoms with Crippen LogP contribution in [-0.2, 0) is 4.79 Å². The summed E-state index contributed by atoms with van der Waals surface area (Å²) in [7, 11) is 1.73. The second-order valence-corrected chi connectivity index (χ2v) is 5.50. The Kier molecular flexibility index (Phi) is 7.39. The second kappa shape index (κ2) is 7.95. The van der Waals surface area contributed by atoms with Gasteiger partial charge >= 0.3 is 12.0 Å². The van der Waals surface area contributed by atoms with Crippen molar-refractivity contribution < 1.29 is 14.7 Å². The van der Waals surface area contributed by atoms with Crippen LogP contribution in [0.3, 0.4) is 0 Å². The van der Waals surface area contributed by atoms with E-state index in [4.69, 9.17) is 5.11 Å². The molecule has 0 saturated carbocycles. The molecule has 0 bridgehead atoms. The molecule has 1 atom stereocenters. The van der Waals surface area contributed by atoms with Crippen LogP contribution < -0.4 is 5.32 Å². The summed E-state index contributed by atoms with van der Waals surface area (Å²) in [6.45, 7) is 8.70. The maximum absolute atomic E-state index is 11.9. The largest absolute Gasteiger partial charge is 0.481 e. The number of urea groups is 1. The Bertz CT molecular complexity index is 277. The molecule has 0 aromatic rings. The highest BCUT2D eigenvalue weighted by molar-refractivity contribution is 5.75. The fourth-order valence-corrected chi connectivity index (χ4v) is 1.46. The van der Waals surface area contributed by atoms with Crippen LogP contribution in [0.1, 0.15) is 40.5 Å². The third-order valence-electron chi connectivity index (χ3n) is 2.90. The number of nitrogens with one attached hydrogen (secondary N) is 1. The summed E-state index contributed by atoms with van der Waals surface area (Å²) >= 11 is 0. The first-order chi connectivity index (χ1) is 8.23. The molecule has 0 radical (unpaired) electrons. The van der Waals surface area contributed by atoms with E-state index in [1.807, 2.05) is 13.8 Å². The smallest absolute Gasteiger partial charge is 0.317 e. The molecule has 18 heavy (non-hydrogen) atoms. The van der Waals surface area contributed by atoms with Gasteiger partial charge in [-0.25, -0.2) is 4.79 Å². The molecule has 0 aliphatic rings. The number of rotatable bonds is 7. The molecule has 0 saturated heterocycles. The lowest BCUT2D eigenvalue weighted by Crippen LogP contribution is -2.46. The number of aliphatic carboxylic acids is 1. The summed E-state index contributed by atoms with van der Waals surface area (Å²) < 4.78 is 0. The second-order valence-electron chi connectivity index (χ2n) is 5.50. The monoisotopic (exact) mass is 258 g/mol. The zero-order valence-corrected chi connectivity index (χ0v) is 12.1. The summed E-state index contributed by atoms with van der Waals surface area (Å²) in [5.41, 5.74) is 0. The van der Waals surface area contributed by atoms with Gasteiger partial charge in [0.05, 0.1) is 6.42 Å². The fraction of sp³-hybridized carbons (Fsp3) is 0.846. The van der Waals surface area contributed by atoms with Crippen molar-refractivity contribution in [3.8, 4) is 0 Å². The number of carboxylic acid groups (broad SMARTS) is 1. The molecule has 0 aromatic carbocycles. The van der Waals surface area contributed by atoms with Crippen LogP contribution in [0, 0.1) is 11.8 Å². The van der Waals surface area contributed by atoms with Crippen molar-refractivity contribution in [2.75, 3.05) is 13.6 Å². The van der Waals surface area contributed by atoms with E-state index in [1.165, 1.54) is 0 Å². The van der Waals surface area contributed by atoms with Gasteiger partial charge in [0, 0.05) is 19.6 Å². The maximum atomic E-state index is 11.9. The van der Waals surface area contributed by atoms with Crippen molar-refractivity contribution in [3.63, 3.8) is 0 Å². The topological polar surface area (TPSA) is 69.6 Å². The number of carbonyl (C=O) groups is 2. The Morgan fingerprint density at radius 3 is 2.17 bits per heavy atom. The molecule has 0 heterocycles. The first-order valence-electron chi connectivity index (χ1n) is 6.47. The normalized spacial score (nSPS) is 12.6. The van der Waals surface area contributed by atoms with Gasteiger partial charge in [0.25, 0.3) is 0 Å². The minimum absolute atomic E-state index is 0.0403. The number of amides is 2. The van der Waals surface area contributed by atoms with Gasteiger partial charge in [0.1, 0.15) is 0 Å². The van der Waals surface area contributed by atoms with Crippen molar-refractivity contribution in [2.24, 2.45) is 11.8 Å². The third-order valence-corrected chi connectivity index (χ3v) is 2.90. The molecule has 106 valence electrons. The first kappa shape index (κ1) is 16.7. The molecule has 5 nitrogen and oxygen atoms in total. The number of hydrogen-bond donors (Lipinski definition) is 2. The highest BCUT2D eigenvalue weighted by Crippen LogP contribution is 2.07. The third kappa shape index (κ3) is 7.14. The molecule has 1 unspecified atom stereocenters. The average molecular weight is 258 g/mol. The zero-order valence-electron chi connectivity index (χ0n) is 12.1. The molecule has 2 amide bonds. The van der Waals surface area contributed by atoms with Gasteiger partial charge in [-0.15, -0.1) is 0 Å². The van der Waals surface area contributed by atoms with E-state index in [1.54, 1.807) is 11.9 Å². The Morgan fingerprint density at radius 1 is 1.22 bits per heavy atom. The number of carboxylic acids is 1. The number of hydrogen-bond acceptors (Lipinski definition) is 2. The molecule has 2 N–H and O–H groups in total. The standard InChI is InChI=1S/C13H26N2O3/c1-9(2)6-7-15(5)13(18)14-11(10(3)4)8-12(16)17/h9-11H,6-8H2,1-5H3,(H,14,18)(H,16,17). The summed E-state index contributed by atoms with van der Waals surface area (Å²) in [6, 6.07) is -0.521. The Morgan fingerprint density at radius 2 is 1.78 bits per heavy atom. The van der Waals surface area contributed by atoms with E-state index in [0.717, 1.165) is 6.42 Å². The highest BCUT2D eigenvalue weighted by Gasteiger charge is 2.20. The van der Waals surface area contributed by atoms with Crippen molar-refractivity contribution in [2.45, 2.75) is 46.6 Å². The fourth-order valence-electron chi connectivity index (χ4n) is 1.46.